The van der Waals surface area contributed by atoms with Crippen molar-refractivity contribution in [3.05, 3.63) is 70.9 Å². The van der Waals surface area contributed by atoms with E-state index in [-0.39, 0.29) is 54.3 Å². The van der Waals surface area contributed by atoms with Gasteiger partial charge in [0.1, 0.15) is 24.4 Å². The van der Waals surface area contributed by atoms with Crippen LogP contribution in [-0.4, -0.2) is 89.2 Å². The van der Waals surface area contributed by atoms with Crippen molar-refractivity contribution in [3.63, 3.8) is 0 Å². The highest BCUT2D eigenvalue weighted by Gasteiger charge is 2.53. The van der Waals surface area contributed by atoms with Crippen molar-refractivity contribution >= 4 is 35.0 Å². The van der Waals surface area contributed by atoms with E-state index in [1.807, 2.05) is 64.4 Å². The van der Waals surface area contributed by atoms with E-state index in [9.17, 15) is 24.3 Å². The van der Waals surface area contributed by atoms with Gasteiger partial charge in [0, 0.05) is 31.2 Å². The molecule has 0 radical (unpaired) electrons. The molecular formula is C44H61N5O7S. The first-order chi connectivity index (χ1) is 26.8. The van der Waals surface area contributed by atoms with Crippen molar-refractivity contribution in [2.45, 2.75) is 118 Å². The van der Waals surface area contributed by atoms with Crippen LogP contribution in [0.4, 0.5) is 0 Å². The number of benzene rings is 2. The van der Waals surface area contributed by atoms with Crippen molar-refractivity contribution in [1.29, 1.82) is 0 Å². The van der Waals surface area contributed by atoms with Gasteiger partial charge in [-0.2, -0.15) is 0 Å². The molecule has 1 aliphatic heterocycles. The summed E-state index contributed by atoms with van der Waals surface area (Å²) in [6.07, 6.45) is 1.64. The van der Waals surface area contributed by atoms with Gasteiger partial charge in [-0.05, 0) is 84.7 Å². The quantitative estimate of drug-likeness (QED) is 0.124. The van der Waals surface area contributed by atoms with Gasteiger partial charge in [0.2, 0.25) is 17.7 Å². The number of carbonyl (C=O) groups excluding carboxylic acids is 4. The van der Waals surface area contributed by atoms with Gasteiger partial charge < -0.3 is 35.4 Å². The van der Waals surface area contributed by atoms with Gasteiger partial charge >= 0.3 is 0 Å². The first kappa shape index (κ1) is 43.8. The Morgan fingerprint density at radius 1 is 0.965 bits per heavy atom. The lowest BCUT2D eigenvalue weighted by Crippen LogP contribution is -2.63. The number of hydrogen-bond acceptors (Lipinski definition) is 9. The van der Waals surface area contributed by atoms with E-state index in [1.54, 1.807) is 35.6 Å². The monoisotopic (exact) mass is 803 g/mol. The normalized spacial score (nSPS) is 19.9. The summed E-state index contributed by atoms with van der Waals surface area (Å²) in [6.45, 7) is 18.6. The molecule has 4 N–H and O–H groups in total. The number of aliphatic hydroxyl groups excluding tert-OH is 1. The first-order valence-corrected chi connectivity index (χ1v) is 20.8. The number of rotatable bonds is 16. The van der Waals surface area contributed by atoms with Gasteiger partial charge in [0.15, 0.2) is 0 Å². The Morgan fingerprint density at radius 3 is 2.21 bits per heavy atom. The number of unbranched alkanes of at least 4 members (excludes halogenated alkanes) is 1. The van der Waals surface area contributed by atoms with Crippen LogP contribution in [0.1, 0.15) is 109 Å². The minimum Gasteiger partial charge on any atom is -0.494 e. The number of ether oxygens (including phenoxy) is 2. The van der Waals surface area contributed by atoms with Crippen LogP contribution in [0, 0.1) is 23.2 Å². The predicted octanol–water partition coefficient (Wildman–Crippen LogP) is 6.22. The van der Waals surface area contributed by atoms with E-state index in [0.29, 0.717) is 37.4 Å². The second-order valence-corrected chi connectivity index (χ2v) is 18.9. The molecule has 5 rings (SSSR count). The number of likely N-dealkylation sites (tertiary alicyclic amines) is 1. The minimum atomic E-state index is -0.947. The predicted molar refractivity (Wildman–Crippen MR) is 222 cm³/mol. The van der Waals surface area contributed by atoms with Crippen molar-refractivity contribution in [2.75, 3.05) is 26.4 Å². The zero-order valence-corrected chi connectivity index (χ0v) is 35.8. The van der Waals surface area contributed by atoms with Crippen LogP contribution in [0.25, 0.3) is 10.4 Å². The van der Waals surface area contributed by atoms with Crippen LogP contribution in [0.5, 0.6) is 5.75 Å². The fraction of sp³-hybridized carbons (Fsp3) is 0.568. The zero-order valence-electron chi connectivity index (χ0n) is 34.9. The number of aliphatic hydroxyl groups is 1. The lowest BCUT2D eigenvalue weighted by molar-refractivity contribution is -0.144. The van der Waals surface area contributed by atoms with Gasteiger partial charge in [0.05, 0.1) is 34.8 Å². The molecule has 1 saturated carbocycles. The molecule has 1 saturated heterocycles. The number of nitrogens with zero attached hydrogens (tertiary/aromatic N) is 2. The Balaban J connectivity index is 1.04. The number of thiazole rings is 1. The number of β-amino-alcohol motifs (C(OH)–C–C–N with tert-alkyl or cyclic N) is 1. The summed E-state index contributed by atoms with van der Waals surface area (Å²) in [5, 5.41) is 19.6. The van der Waals surface area contributed by atoms with E-state index in [1.165, 1.54) is 4.90 Å². The largest absolute Gasteiger partial charge is 0.494 e. The molecule has 0 bridgehead atoms. The third kappa shape index (κ3) is 11.0. The molecule has 13 heteroatoms. The average Bonchev–Trinajstić information content (AvgIpc) is 3.76. The Morgan fingerprint density at radius 2 is 1.61 bits per heavy atom. The Bertz CT molecular complexity index is 1850. The van der Waals surface area contributed by atoms with Crippen LogP contribution in [0.2, 0.25) is 0 Å². The third-order valence-electron chi connectivity index (χ3n) is 11.1. The molecule has 0 unspecified atom stereocenters. The molecule has 2 aliphatic rings. The summed E-state index contributed by atoms with van der Waals surface area (Å²) in [7, 11) is 0. The van der Waals surface area contributed by atoms with Gasteiger partial charge in [-0.1, -0.05) is 72.7 Å². The molecule has 4 atom stereocenters. The molecule has 2 aromatic carbocycles. The molecule has 12 nitrogen and oxygen atoms in total. The number of hydrogen-bond donors (Lipinski definition) is 4. The highest BCUT2D eigenvalue weighted by molar-refractivity contribution is 7.13. The summed E-state index contributed by atoms with van der Waals surface area (Å²) in [5.41, 5.74) is 4.80. The lowest BCUT2D eigenvalue weighted by Gasteiger charge is -2.57. The summed E-state index contributed by atoms with van der Waals surface area (Å²) in [5.74, 6) is -0.652. The fourth-order valence-electron chi connectivity index (χ4n) is 8.49. The van der Waals surface area contributed by atoms with Crippen LogP contribution in [0.15, 0.2) is 54.0 Å². The smallest absolute Gasteiger partial charge is 0.251 e. The molecule has 2 fully saturated rings. The van der Waals surface area contributed by atoms with Crippen LogP contribution >= 0.6 is 11.3 Å². The van der Waals surface area contributed by atoms with Crippen molar-refractivity contribution in [1.82, 2.24) is 25.8 Å². The minimum absolute atomic E-state index is 0.00784. The van der Waals surface area contributed by atoms with Crippen LogP contribution in [0.3, 0.4) is 0 Å². The van der Waals surface area contributed by atoms with Gasteiger partial charge in [-0.15, -0.1) is 11.3 Å². The molecule has 4 amide bonds. The highest BCUT2D eigenvalue weighted by Crippen LogP contribution is 2.53. The molecule has 2 heterocycles. The third-order valence-corrected chi connectivity index (χ3v) is 12.1. The fourth-order valence-corrected chi connectivity index (χ4v) is 9.30. The number of amides is 4. The molecule has 1 aliphatic carbocycles. The van der Waals surface area contributed by atoms with Gasteiger partial charge in [-0.3, -0.25) is 19.2 Å². The van der Waals surface area contributed by atoms with Crippen molar-refractivity contribution < 1.29 is 33.8 Å². The van der Waals surface area contributed by atoms with E-state index in [0.717, 1.165) is 28.1 Å². The highest BCUT2D eigenvalue weighted by atomic mass is 32.1. The Hall–Kier alpha value is -4.33. The Labute approximate surface area is 341 Å². The molecule has 0 spiro atoms. The topological polar surface area (TPSA) is 159 Å². The number of aromatic nitrogens is 1. The van der Waals surface area contributed by atoms with E-state index in [2.05, 4.69) is 48.6 Å². The first-order valence-electron chi connectivity index (χ1n) is 20.0. The van der Waals surface area contributed by atoms with Crippen molar-refractivity contribution in [3.8, 4) is 16.2 Å². The molecule has 3 aromatic rings. The number of aryl methyl sites for hydroxylation is 1. The maximum Gasteiger partial charge on any atom is 0.251 e. The second kappa shape index (κ2) is 18.1. The molecule has 1 aromatic heterocycles. The number of nitrogens with one attached hydrogen (secondary N) is 3. The number of carbonyl (C=O) groups is 4. The van der Waals surface area contributed by atoms with E-state index >= 15 is 0 Å². The zero-order chi connectivity index (χ0) is 41.7. The second-order valence-electron chi connectivity index (χ2n) is 18.1. The molecular weight excluding hydrogens is 743 g/mol. The van der Waals surface area contributed by atoms with E-state index in [4.69, 9.17) is 9.47 Å². The Kier molecular flexibility index (Phi) is 13.9. The average molecular weight is 804 g/mol. The van der Waals surface area contributed by atoms with Crippen LogP contribution < -0.4 is 20.7 Å². The summed E-state index contributed by atoms with van der Waals surface area (Å²) >= 11 is 1.58. The maximum atomic E-state index is 14.0. The molecule has 310 valence electrons. The lowest BCUT2D eigenvalue weighted by atomic mass is 9.52. The van der Waals surface area contributed by atoms with Gasteiger partial charge in [0.25, 0.3) is 5.91 Å². The maximum absolute atomic E-state index is 14.0. The molecule has 57 heavy (non-hydrogen) atoms. The summed E-state index contributed by atoms with van der Waals surface area (Å²) < 4.78 is 11.5. The SMILES string of the molecule is Cc1ncsc1-c1ccc([C@@H](C)NC(=O)[C@@H]2C[C@@H](O)CN2C(=O)[C@@H](NC(=O)COCCCCOc2ccc(C(=O)NC3C(C)(C)CC3(C)C)cc2)C(C)(C)C)cc1. The summed E-state index contributed by atoms with van der Waals surface area (Å²) in [6, 6.07) is 13.0. The standard InChI is InChI=1S/C44H61N5O7S/c1-27(29-12-14-30(15-13-29)36-28(2)45-26-57-36)46-39(53)34-22-32(50)23-49(34)40(54)37(42(3,4)5)47-35(51)24-55-20-10-11-21-56-33-18-16-31(17-19-33)38(52)48-41-43(6,7)25-44(41,8)9/h12-19,26-27,32,34,37,41,50H,10-11,20-25H2,1-9H3,(H,46,53)(H,47,51)(H,48,52)/t27-,32-,34+,37-/m1/s1. The summed E-state index contributed by atoms with van der Waals surface area (Å²) in [4.78, 5) is 60.3. The van der Waals surface area contributed by atoms with Gasteiger partial charge in [-0.25, -0.2) is 4.98 Å². The van der Waals surface area contributed by atoms with E-state index < -0.39 is 35.4 Å². The van der Waals surface area contributed by atoms with Crippen molar-refractivity contribution in [2.24, 2.45) is 16.2 Å². The van der Waals surface area contributed by atoms with Crippen LogP contribution in [-0.2, 0) is 19.1 Å².